The van der Waals surface area contributed by atoms with Crippen molar-refractivity contribution >= 4 is 17.9 Å². The second kappa shape index (κ2) is 7.94. The van der Waals surface area contributed by atoms with Crippen LogP contribution in [-0.2, 0) is 9.47 Å². The molecule has 2 heterocycles. The smallest absolute Gasteiger partial charge is 0.410 e. The van der Waals surface area contributed by atoms with Crippen molar-refractivity contribution in [1.82, 2.24) is 9.80 Å². The minimum absolute atomic E-state index is 0.0323. The standard InChI is InChI=1S/C21H25FN2O5/c1-13-9-23(20(27)29-21(2,3)4)10-14(12-28-13)17(22)11-24-18(25)15-7-5-6-8-16(15)19(24)26/h5-8,13H,9-12H2,1-4H3/t13-/m1/s1. The Hall–Kier alpha value is -2.74. The number of imide groups is 1. The van der Waals surface area contributed by atoms with Crippen LogP contribution in [0.2, 0.25) is 0 Å². The van der Waals surface area contributed by atoms with Crippen LogP contribution >= 0.6 is 0 Å². The molecule has 7 nitrogen and oxygen atoms in total. The SMILES string of the molecule is C[C@@H]1CN(C(=O)OC(C)(C)C)CC(=C(F)CN2C(=O)c3ccccc3C2=O)CO1. The van der Waals surface area contributed by atoms with Crippen LogP contribution in [0.3, 0.4) is 0 Å². The quantitative estimate of drug-likeness (QED) is 0.708. The van der Waals surface area contributed by atoms with E-state index in [1.165, 1.54) is 4.90 Å². The van der Waals surface area contributed by atoms with E-state index in [4.69, 9.17) is 9.47 Å². The molecule has 29 heavy (non-hydrogen) atoms. The van der Waals surface area contributed by atoms with E-state index >= 15 is 4.39 Å². The molecule has 3 amide bonds. The molecule has 1 aromatic rings. The van der Waals surface area contributed by atoms with Crippen molar-refractivity contribution in [2.45, 2.75) is 39.4 Å². The number of halogens is 1. The molecule has 1 fully saturated rings. The van der Waals surface area contributed by atoms with E-state index in [9.17, 15) is 14.4 Å². The van der Waals surface area contributed by atoms with Gasteiger partial charge in [0.15, 0.2) is 0 Å². The molecule has 1 aromatic carbocycles. The van der Waals surface area contributed by atoms with Crippen molar-refractivity contribution in [3.63, 3.8) is 0 Å². The van der Waals surface area contributed by atoms with Crippen molar-refractivity contribution in [1.29, 1.82) is 0 Å². The first-order valence-electron chi connectivity index (χ1n) is 9.48. The number of amides is 3. The normalized spacial score (nSPS) is 21.8. The van der Waals surface area contributed by atoms with E-state index < -0.39 is 35.9 Å². The molecule has 2 aliphatic rings. The van der Waals surface area contributed by atoms with Crippen LogP contribution < -0.4 is 0 Å². The van der Waals surface area contributed by atoms with Crippen molar-refractivity contribution in [2.24, 2.45) is 0 Å². The second-order valence-electron chi connectivity index (χ2n) is 8.23. The van der Waals surface area contributed by atoms with Crippen LogP contribution in [0.4, 0.5) is 9.18 Å². The van der Waals surface area contributed by atoms with Gasteiger partial charge in [0.1, 0.15) is 11.4 Å². The minimum Gasteiger partial charge on any atom is -0.444 e. The number of hydrogen-bond donors (Lipinski definition) is 0. The number of benzene rings is 1. The lowest BCUT2D eigenvalue weighted by Crippen LogP contribution is -2.40. The van der Waals surface area contributed by atoms with Crippen LogP contribution in [0, 0.1) is 0 Å². The summed E-state index contributed by atoms with van der Waals surface area (Å²) < 4.78 is 26.0. The Bertz CT molecular complexity index is 839. The van der Waals surface area contributed by atoms with Crippen molar-refractivity contribution in [2.75, 3.05) is 26.2 Å². The highest BCUT2D eigenvalue weighted by Crippen LogP contribution is 2.25. The number of carbonyl (C=O) groups excluding carboxylic acids is 3. The monoisotopic (exact) mass is 404 g/mol. The predicted molar refractivity (Wildman–Crippen MR) is 103 cm³/mol. The van der Waals surface area contributed by atoms with Crippen LogP contribution in [0.5, 0.6) is 0 Å². The molecule has 0 aromatic heterocycles. The zero-order valence-corrected chi connectivity index (χ0v) is 17.0. The van der Waals surface area contributed by atoms with Gasteiger partial charge in [-0.25, -0.2) is 9.18 Å². The summed E-state index contributed by atoms with van der Waals surface area (Å²) in [5.74, 6) is -1.73. The lowest BCUT2D eigenvalue weighted by atomic mass is 10.1. The Kier molecular flexibility index (Phi) is 5.75. The number of ether oxygens (including phenoxy) is 2. The fraction of sp³-hybridized carbons (Fsp3) is 0.476. The Labute approximate surface area is 169 Å². The van der Waals surface area contributed by atoms with Gasteiger partial charge in [0.2, 0.25) is 0 Å². The van der Waals surface area contributed by atoms with Gasteiger partial charge in [-0.1, -0.05) is 12.1 Å². The molecule has 8 heteroatoms. The highest BCUT2D eigenvalue weighted by atomic mass is 19.1. The summed E-state index contributed by atoms with van der Waals surface area (Å²) in [6, 6.07) is 6.39. The van der Waals surface area contributed by atoms with Gasteiger partial charge in [-0.3, -0.25) is 14.5 Å². The maximum atomic E-state index is 15.1. The molecule has 0 bridgehead atoms. The summed E-state index contributed by atoms with van der Waals surface area (Å²) in [4.78, 5) is 39.7. The molecule has 0 aliphatic carbocycles. The van der Waals surface area contributed by atoms with E-state index in [0.29, 0.717) is 0 Å². The van der Waals surface area contributed by atoms with Crippen molar-refractivity contribution < 1.29 is 28.2 Å². The fourth-order valence-corrected chi connectivity index (χ4v) is 3.21. The van der Waals surface area contributed by atoms with Gasteiger partial charge in [-0.05, 0) is 39.8 Å². The molecule has 1 saturated heterocycles. The van der Waals surface area contributed by atoms with Gasteiger partial charge in [-0.15, -0.1) is 0 Å². The molecule has 2 aliphatic heterocycles. The molecule has 0 saturated carbocycles. The van der Waals surface area contributed by atoms with E-state index in [2.05, 4.69) is 0 Å². The number of nitrogens with zero attached hydrogens (tertiary/aromatic N) is 2. The van der Waals surface area contributed by atoms with E-state index in [1.54, 1.807) is 52.0 Å². The Morgan fingerprint density at radius 1 is 1.21 bits per heavy atom. The van der Waals surface area contributed by atoms with Gasteiger partial charge < -0.3 is 14.4 Å². The molecular weight excluding hydrogens is 379 g/mol. The predicted octanol–water partition coefficient (Wildman–Crippen LogP) is 3.16. The van der Waals surface area contributed by atoms with Crippen LogP contribution in [-0.4, -0.2) is 65.7 Å². The highest BCUT2D eigenvalue weighted by Gasteiger charge is 2.36. The fourth-order valence-electron chi connectivity index (χ4n) is 3.21. The van der Waals surface area contributed by atoms with E-state index in [0.717, 1.165) is 4.90 Å². The van der Waals surface area contributed by atoms with Gasteiger partial charge in [-0.2, -0.15) is 0 Å². The molecule has 1 atom stereocenters. The topological polar surface area (TPSA) is 76.2 Å². The zero-order chi connectivity index (χ0) is 21.3. The second-order valence-corrected chi connectivity index (χ2v) is 8.23. The Balaban J connectivity index is 1.79. The third-order valence-corrected chi connectivity index (χ3v) is 4.61. The van der Waals surface area contributed by atoms with Crippen molar-refractivity contribution in [3.05, 3.63) is 46.8 Å². The van der Waals surface area contributed by atoms with Gasteiger partial charge >= 0.3 is 6.09 Å². The Morgan fingerprint density at radius 2 is 1.79 bits per heavy atom. The summed E-state index contributed by atoms with van der Waals surface area (Å²) in [7, 11) is 0. The minimum atomic E-state index is -0.684. The number of carbonyl (C=O) groups is 3. The third-order valence-electron chi connectivity index (χ3n) is 4.61. The average Bonchev–Trinajstić information content (AvgIpc) is 2.79. The molecule has 0 radical (unpaired) electrons. The first-order valence-corrected chi connectivity index (χ1v) is 9.48. The van der Waals surface area contributed by atoms with Crippen LogP contribution in [0.15, 0.2) is 35.7 Å². The van der Waals surface area contributed by atoms with E-state index in [1.807, 2.05) is 0 Å². The highest BCUT2D eigenvalue weighted by molar-refractivity contribution is 6.21. The summed E-state index contributed by atoms with van der Waals surface area (Å²) in [6.07, 6.45) is -0.881. The first kappa shape index (κ1) is 21.0. The maximum Gasteiger partial charge on any atom is 0.410 e. The van der Waals surface area contributed by atoms with Crippen LogP contribution in [0.25, 0.3) is 0 Å². The molecule has 0 spiro atoms. The zero-order valence-electron chi connectivity index (χ0n) is 17.0. The van der Waals surface area contributed by atoms with Crippen LogP contribution in [0.1, 0.15) is 48.4 Å². The van der Waals surface area contributed by atoms with Gasteiger partial charge in [0, 0.05) is 5.57 Å². The molecule has 0 N–H and O–H groups in total. The molecular formula is C21H25FN2O5. The number of fused-ring (bicyclic) bond motifs is 1. The number of hydrogen-bond acceptors (Lipinski definition) is 5. The van der Waals surface area contributed by atoms with Crippen molar-refractivity contribution in [3.8, 4) is 0 Å². The summed E-state index contributed by atoms with van der Waals surface area (Å²) in [5.41, 5.74) is 0.0420. The largest absolute Gasteiger partial charge is 0.444 e. The molecule has 0 unspecified atom stereocenters. The third kappa shape index (κ3) is 4.64. The van der Waals surface area contributed by atoms with E-state index in [-0.39, 0.29) is 42.5 Å². The number of rotatable bonds is 2. The molecule has 3 rings (SSSR count). The lowest BCUT2D eigenvalue weighted by molar-refractivity contribution is 0.0171. The van der Waals surface area contributed by atoms with Gasteiger partial charge in [0.25, 0.3) is 11.8 Å². The summed E-state index contributed by atoms with van der Waals surface area (Å²) in [6.45, 7) is 6.72. The van der Waals surface area contributed by atoms with Gasteiger partial charge in [0.05, 0.1) is 43.5 Å². The summed E-state index contributed by atoms with van der Waals surface area (Å²) >= 11 is 0. The first-order chi connectivity index (χ1) is 13.6. The summed E-state index contributed by atoms with van der Waals surface area (Å²) in [5, 5.41) is 0. The maximum absolute atomic E-state index is 15.1. The Morgan fingerprint density at radius 3 is 2.34 bits per heavy atom. The molecule has 156 valence electrons. The average molecular weight is 404 g/mol. The lowest BCUT2D eigenvalue weighted by Gasteiger charge is -2.27.